The normalized spacial score (nSPS) is 16.4. The lowest BCUT2D eigenvalue weighted by Gasteiger charge is -2.23. The van der Waals surface area contributed by atoms with E-state index in [4.69, 9.17) is 14.2 Å². The lowest BCUT2D eigenvalue weighted by Crippen LogP contribution is -2.29. The quantitative estimate of drug-likeness (QED) is 0.137. The van der Waals surface area contributed by atoms with Gasteiger partial charge in [0.1, 0.15) is 28.7 Å². The van der Waals surface area contributed by atoms with Crippen LogP contribution in [0, 0.1) is 6.92 Å². The molecule has 38 heavy (non-hydrogen) atoms. The number of methoxy groups -OCH3 is 1. The van der Waals surface area contributed by atoms with Crippen LogP contribution in [0.15, 0.2) is 66.8 Å². The number of aliphatic hydroxyl groups is 1. The summed E-state index contributed by atoms with van der Waals surface area (Å²) in [6, 6.07) is 12.4. The van der Waals surface area contributed by atoms with Crippen LogP contribution < -0.4 is 14.4 Å². The minimum atomic E-state index is -1.01. The number of anilines is 1. The molecule has 2 heterocycles. The number of esters is 1. The van der Waals surface area contributed by atoms with E-state index in [0.29, 0.717) is 41.5 Å². The number of amides is 1. The predicted molar refractivity (Wildman–Crippen MR) is 143 cm³/mol. The number of rotatable bonds is 9. The number of nitrogens with zero attached hydrogens (tertiary/aromatic N) is 2. The molecule has 196 valence electrons. The van der Waals surface area contributed by atoms with Gasteiger partial charge < -0.3 is 19.3 Å². The Kier molecular flexibility index (Phi) is 7.92. The van der Waals surface area contributed by atoms with E-state index in [2.05, 4.69) is 11.6 Å². The zero-order chi connectivity index (χ0) is 27.4. The van der Waals surface area contributed by atoms with E-state index in [1.807, 2.05) is 6.92 Å². The number of ketones is 1. The van der Waals surface area contributed by atoms with E-state index < -0.39 is 23.7 Å². The van der Waals surface area contributed by atoms with Crippen LogP contribution in [0.4, 0.5) is 5.13 Å². The fourth-order valence-electron chi connectivity index (χ4n) is 4.05. The van der Waals surface area contributed by atoms with Crippen molar-refractivity contribution in [1.82, 2.24) is 4.98 Å². The Morgan fingerprint density at radius 3 is 2.34 bits per heavy atom. The van der Waals surface area contributed by atoms with E-state index in [-0.39, 0.29) is 21.3 Å². The molecular weight excluding hydrogens is 508 g/mol. The highest BCUT2D eigenvalue weighted by atomic mass is 32.1. The maximum atomic E-state index is 13.4. The van der Waals surface area contributed by atoms with Gasteiger partial charge in [-0.1, -0.05) is 36.1 Å². The van der Waals surface area contributed by atoms with E-state index in [0.717, 1.165) is 11.3 Å². The lowest BCUT2D eigenvalue weighted by molar-refractivity contribution is -0.132. The SMILES string of the molecule is C=CCOc1ccc(C2/C(=C(/O)c3ccc(OCC)cc3)C(=O)C(=O)N2c2nc(C)c(C(=O)OC)s2)cc1. The van der Waals surface area contributed by atoms with Gasteiger partial charge in [0.05, 0.1) is 31.0 Å². The number of Topliss-reactive ketones (excluding diaryl/α,β-unsaturated/α-hetero) is 1. The Morgan fingerprint density at radius 2 is 1.74 bits per heavy atom. The second-order valence-electron chi connectivity index (χ2n) is 8.20. The van der Waals surface area contributed by atoms with Gasteiger partial charge in [0.25, 0.3) is 5.78 Å². The average Bonchev–Trinajstić information content (AvgIpc) is 3.44. The first-order valence-corrected chi connectivity index (χ1v) is 12.6. The highest BCUT2D eigenvalue weighted by molar-refractivity contribution is 7.17. The molecule has 3 aromatic rings. The number of aryl methyl sites for hydroxylation is 1. The third kappa shape index (κ3) is 5.03. The summed E-state index contributed by atoms with van der Waals surface area (Å²) in [5, 5.41) is 11.4. The molecule has 0 aliphatic carbocycles. The molecule has 10 heteroatoms. The first kappa shape index (κ1) is 26.6. The van der Waals surface area contributed by atoms with Crippen molar-refractivity contribution in [2.45, 2.75) is 19.9 Å². The maximum Gasteiger partial charge on any atom is 0.350 e. The highest BCUT2D eigenvalue weighted by Crippen LogP contribution is 2.44. The number of thiazole rings is 1. The third-order valence-electron chi connectivity index (χ3n) is 5.81. The van der Waals surface area contributed by atoms with Crippen LogP contribution in [0.1, 0.15) is 39.5 Å². The second kappa shape index (κ2) is 11.3. The van der Waals surface area contributed by atoms with Crippen LogP contribution in [0.3, 0.4) is 0 Å². The fourth-order valence-corrected chi connectivity index (χ4v) is 5.06. The maximum absolute atomic E-state index is 13.4. The van der Waals surface area contributed by atoms with Crippen molar-refractivity contribution in [3.05, 3.63) is 88.5 Å². The smallest absolute Gasteiger partial charge is 0.350 e. The summed E-state index contributed by atoms with van der Waals surface area (Å²) >= 11 is 0.936. The van der Waals surface area contributed by atoms with Gasteiger partial charge >= 0.3 is 11.9 Å². The number of ether oxygens (including phenoxy) is 3. The fraction of sp³-hybridized carbons (Fsp3) is 0.214. The number of hydrogen-bond donors (Lipinski definition) is 1. The number of carbonyl (C=O) groups is 3. The lowest BCUT2D eigenvalue weighted by atomic mass is 9.95. The molecule has 0 bridgehead atoms. The van der Waals surface area contributed by atoms with Gasteiger partial charge in [0.2, 0.25) is 0 Å². The van der Waals surface area contributed by atoms with Crippen LogP contribution in [0.5, 0.6) is 11.5 Å². The highest BCUT2D eigenvalue weighted by Gasteiger charge is 2.48. The van der Waals surface area contributed by atoms with Crippen molar-refractivity contribution in [2.75, 3.05) is 25.2 Å². The molecule has 1 saturated heterocycles. The van der Waals surface area contributed by atoms with Gasteiger partial charge in [-0.2, -0.15) is 0 Å². The molecule has 1 unspecified atom stereocenters. The Morgan fingerprint density at radius 1 is 1.11 bits per heavy atom. The molecule has 1 aliphatic rings. The molecule has 4 rings (SSSR count). The molecule has 1 aliphatic heterocycles. The van der Waals surface area contributed by atoms with Crippen LogP contribution >= 0.6 is 11.3 Å². The minimum Gasteiger partial charge on any atom is -0.507 e. The Hall–Kier alpha value is -4.44. The largest absolute Gasteiger partial charge is 0.507 e. The second-order valence-corrected chi connectivity index (χ2v) is 9.18. The summed E-state index contributed by atoms with van der Waals surface area (Å²) in [5.41, 5.74) is 1.13. The Balaban J connectivity index is 1.86. The summed E-state index contributed by atoms with van der Waals surface area (Å²) in [7, 11) is 1.25. The molecular formula is C28H26N2O7S. The molecule has 1 atom stereocenters. The summed E-state index contributed by atoms with van der Waals surface area (Å²) in [6.07, 6.45) is 1.61. The summed E-state index contributed by atoms with van der Waals surface area (Å²) in [5.74, 6) is -1.52. The minimum absolute atomic E-state index is 0.105. The number of hydrogen-bond acceptors (Lipinski definition) is 9. The van der Waals surface area contributed by atoms with Gasteiger partial charge in [-0.05, 0) is 55.8 Å². The molecule has 1 amide bonds. The number of aromatic nitrogens is 1. The van der Waals surface area contributed by atoms with Crippen LogP contribution in [0.25, 0.3) is 5.76 Å². The molecule has 1 fully saturated rings. The molecule has 2 aromatic carbocycles. The first-order chi connectivity index (χ1) is 18.3. The van der Waals surface area contributed by atoms with Crippen molar-refractivity contribution in [2.24, 2.45) is 0 Å². The topological polar surface area (TPSA) is 115 Å². The van der Waals surface area contributed by atoms with Gasteiger partial charge in [0, 0.05) is 5.56 Å². The van der Waals surface area contributed by atoms with Crippen LogP contribution in [-0.2, 0) is 14.3 Å². The molecule has 0 radical (unpaired) electrons. The standard InChI is InChI=1S/C28H26N2O7S/c1-5-15-37-20-11-7-17(8-12-20)22-21(23(31)18-9-13-19(14-10-18)36-6-2)24(32)26(33)30(22)28-29-16(3)25(38-28)27(34)35-4/h5,7-14,22,31H,1,6,15H2,2-4H3/b23-21-. The first-order valence-electron chi connectivity index (χ1n) is 11.7. The molecule has 9 nitrogen and oxygen atoms in total. The summed E-state index contributed by atoms with van der Waals surface area (Å²) < 4.78 is 15.8. The van der Waals surface area contributed by atoms with Crippen LogP contribution in [0.2, 0.25) is 0 Å². The van der Waals surface area contributed by atoms with Crippen molar-refractivity contribution < 1.29 is 33.7 Å². The predicted octanol–water partition coefficient (Wildman–Crippen LogP) is 4.83. The summed E-state index contributed by atoms with van der Waals surface area (Å²) in [6.45, 7) is 7.89. The zero-order valence-electron chi connectivity index (χ0n) is 21.1. The van der Waals surface area contributed by atoms with Gasteiger partial charge in [0.15, 0.2) is 5.13 Å². The van der Waals surface area contributed by atoms with Crippen molar-refractivity contribution in [3.8, 4) is 11.5 Å². The van der Waals surface area contributed by atoms with Crippen LogP contribution in [-0.4, -0.2) is 48.1 Å². The summed E-state index contributed by atoms with van der Waals surface area (Å²) in [4.78, 5) is 44.7. The number of benzene rings is 2. The van der Waals surface area contributed by atoms with Crippen molar-refractivity contribution in [3.63, 3.8) is 0 Å². The molecule has 0 saturated carbocycles. The van der Waals surface area contributed by atoms with E-state index in [1.165, 1.54) is 12.0 Å². The molecule has 1 N–H and O–H groups in total. The Labute approximate surface area is 223 Å². The number of carbonyl (C=O) groups excluding carboxylic acids is 3. The van der Waals surface area contributed by atoms with Crippen molar-refractivity contribution in [1.29, 1.82) is 0 Å². The van der Waals surface area contributed by atoms with Gasteiger partial charge in [-0.25, -0.2) is 9.78 Å². The van der Waals surface area contributed by atoms with E-state index in [9.17, 15) is 19.5 Å². The molecule has 1 aromatic heterocycles. The van der Waals surface area contributed by atoms with Crippen molar-refractivity contribution >= 4 is 39.9 Å². The van der Waals surface area contributed by atoms with E-state index in [1.54, 1.807) is 61.5 Å². The van der Waals surface area contributed by atoms with Gasteiger partial charge in [-0.15, -0.1) is 0 Å². The number of aliphatic hydroxyl groups excluding tert-OH is 1. The zero-order valence-corrected chi connectivity index (χ0v) is 21.9. The Bertz CT molecular complexity index is 1410. The third-order valence-corrected chi connectivity index (χ3v) is 6.95. The monoisotopic (exact) mass is 534 g/mol. The average molecular weight is 535 g/mol. The van der Waals surface area contributed by atoms with Gasteiger partial charge in [-0.3, -0.25) is 14.5 Å². The van der Waals surface area contributed by atoms with E-state index >= 15 is 0 Å². The molecule has 0 spiro atoms.